The number of amides is 1. The summed E-state index contributed by atoms with van der Waals surface area (Å²) in [6.07, 6.45) is 0. The maximum absolute atomic E-state index is 11.6. The van der Waals surface area contributed by atoms with Crippen LogP contribution < -0.4 is 5.32 Å². The lowest BCUT2D eigenvalue weighted by molar-refractivity contribution is 0.0660. The molecule has 1 aromatic carbocycles. The molecule has 0 saturated carbocycles. The second-order valence-electron chi connectivity index (χ2n) is 4.68. The first-order valence-corrected chi connectivity index (χ1v) is 8.60. The maximum Gasteiger partial charge on any atom is 0.371 e. The van der Waals surface area contributed by atoms with E-state index in [4.69, 9.17) is 9.52 Å². The lowest BCUT2D eigenvalue weighted by Gasteiger charge is -2.02. The Balaban J connectivity index is 0.000000212. The quantitative estimate of drug-likeness (QED) is 0.575. The number of halogens is 2. The minimum atomic E-state index is -1.05. The number of carbonyl (C=O) groups is 2. The first-order chi connectivity index (χ1) is 12.0. The highest BCUT2D eigenvalue weighted by Gasteiger charge is 2.09. The van der Waals surface area contributed by atoms with Gasteiger partial charge < -0.3 is 19.3 Å². The van der Waals surface area contributed by atoms with Crippen LogP contribution in [0.3, 0.4) is 0 Å². The highest BCUT2D eigenvalue weighted by atomic mass is 79.9. The van der Waals surface area contributed by atoms with E-state index in [0.29, 0.717) is 21.6 Å². The van der Waals surface area contributed by atoms with Crippen molar-refractivity contribution in [2.24, 2.45) is 0 Å². The van der Waals surface area contributed by atoms with E-state index in [1.54, 1.807) is 12.1 Å². The normalized spacial score (nSPS) is 9.84. The molecule has 2 aromatic heterocycles. The fourth-order valence-electron chi connectivity index (χ4n) is 1.73. The molecule has 0 radical (unpaired) electrons. The summed E-state index contributed by atoms with van der Waals surface area (Å²) >= 11 is 6.12. The van der Waals surface area contributed by atoms with Crippen LogP contribution in [-0.2, 0) is 6.54 Å². The van der Waals surface area contributed by atoms with Gasteiger partial charge in [0.15, 0.2) is 15.1 Å². The largest absolute Gasteiger partial charge is 0.475 e. The molecule has 25 heavy (non-hydrogen) atoms. The molecule has 3 rings (SSSR count). The van der Waals surface area contributed by atoms with E-state index in [2.05, 4.69) is 41.6 Å². The van der Waals surface area contributed by atoms with Crippen molar-refractivity contribution in [3.63, 3.8) is 0 Å². The molecule has 2 heterocycles. The molecular formula is C17H13Br2NO5. The van der Waals surface area contributed by atoms with Crippen LogP contribution in [0.5, 0.6) is 0 Å². The third kappa shape index (κ3) is 6.24. The Morgan fingerprint density at radius 1 is 0.880 bits per heavy atom. The predicted molar refractivity (Wildman–Crippen MR) is 97.4 cm³/mol. The van der Waals surface area contributed by atoms with Crippen molar-refractivity contribution in [2.45, 2.75) is 6.54 Å². The van der Waals surface area contributed by atoms with E-state index in [-0.39, 0.29) is 11.7 Å². The van der Waals surface area contributed by atoms with Gasteiger partial charge in [-0.2, -0.15) is 0 Å². The molecule has 6 nitrogen and oxygen atoms in total. The summed E-state index contributed by atoms with van der Waals surface area (Å²) in [4.78, 5) is 21.7. The highest BCUT2D eigenvalue weighted by Crippen LogP contribution is 2.14. The SMILES string of the molecule is O=C(NCc1ccccc1)c1ccc(Br)o1.O=C(O)c1ccc(Br)o1. The number of carboxylic acid groups (broad SMARTS) is 1. The van der Waals surface area contributed by atoms with Gasteiger partial charge in [0.2, 0.25) is 5.76 Å². The third-order valence-corrected chi connectivity index (χ3v) is 3.73. The standard InChI is InChI=1S/C12H10BrNO2.C5H3BrO3/c13-11-7-6-10(16-11)12(15)14-8-9-4-2-1-3-5-9;6-4-2-1-3(9-4)5(7)8/h1-7H,8H2,(H,14,15);1-2H,(H,7,8). The van der Waals surface area contributed by atoms with Gasteiger partial charge in [0, 0.05) is 6.54 Å². The predicted octanol–water partition coefficient (Wildman–Crippen LogP) is 4.71. The monoisotopic (exact) mass is 469 g/mol. The van der Waals surface area contributed by atoms with E-state index in [9.17, 15) is 9.59 Å². The average Bonchev–Trinajstić information content (AvgIpc) is 3.23. The Bertz CT molecular complexity index is 842. The van der Waals surface area contributed by atoms with Gasteiger partial charge in [-0.15, -0.1) is 0 Å². The lowest BCUT2D eigenvalue weighted by Crippen LogP contribution is -2.22. The van der Waals surface area contributed by atoms with Crippen molar-refractivity contribution < 1.29 is 23.5 Å². The summed E-state index contributed by atoms with van der Waals surface area (Å²) in [6.45, 7) is 0.498. The number of hydrogen-bond donors (Lipinski definition) is 2. The van der Waals surface area contributed by atoms with Crippen LogP contribution in [0, 0.1) is 0 Å². The van der Waals surface area contributed by atoms with Crippen molar-refractivity contribution >= 4 is 43.7 Å². The molecule has 0 unspecified atom stereocenters. The minimum absolute atomic E-state index is 0.0538. The summed E-state index contributed by atoms with van der Waals surface area (Å²) in [7, 11) is 0. The Morgan fingerprint density at radius 2 is 1.44 bits per heavy atom. The van der Waals surface area contributed by atoms with Gasteiger partial charge in [-0.3, -0.25) is 4.79 Å². The lowest BCUT2D eigenvalue weighted by atomic mass is 10.2. The van der Waals surface area contributed by atoms with Crippen LogP contribution in [0.4, 0.5) is 0 Å². The van der Waals surface area contributed by atoms with Crippen molar-refractivity contribution in [2.75, 3.05) is 0 Å². The van der Waals surface area contributed by atoms with Gasteiger partial charge in [0.25, 0.3) is 5.91 Å². The minimum Gasteiger partial charge on any atom is -0.475 e. The molecule has 130 valence electrons. The highest BCUT2D eigenvalue weighted by molar-refractivity contribution is 9.10. The van der Waals surface area contributed by atoms with Crippen LogP contribution in [0.25, 0.3) is 0 Å². The van der Waals surface area contributed by atoms with Crippen molar-refractivity contribution in [3.8, 4) is 0 Å². The molecular weight excluding hydrogens is 458 g/mol. The summed E-state index contributed by atoms with van der Waals surface area (Å²) in [6, 6.07) is 16.0. The van der Waals surface area contributed by atoms with E-state index in [0.717, 1.165) is 5.56 Å². The second kappa shape index (κ2) is 9.24. The van der Waals surface area contributed by atoms with Crippen LogP contribution >= 0.6 is 31.9 Å². The van der Waals surface area contributed by atoms with Gasteiger partial charge >= 0.3 is 5.97 Å². The Morgan fingerprint density at radius 3 is 1.88 bits per heavy atom. The second-order valence-corrected chi connectivity index (χ2v) is 6.24. The number of nitrogens with one attached hydrogen (secondary N) is 1. The van der Waals surface area contributed by atoms with E-state index < -0.39 is 5.97 Å². The zero-order chi connectivity index (χ0) is 18.2. The van der Waals surface area contributed by atoms with Crippen LogP contribution in [-0.4, -0.2) is 17.0 Å². The van der Waals surface area contributed by atoms with Gasteiger partial charge in [-0.25, -0.2) is 4.79 Å². The molecule has 2 N–H and O–H groups in total. The van der Waals surface area contributed by atoms with Crippen molar-refractivity contribution in [3.05, 3.63) is 81.0 Å². The number of hydrogen-bond acceptors (Lipinski definition) is 4. The number of furan rings is 2. The summed E-state index contributed by atoms with van der Waals surface area (Å²) < 4.78 is 10.8. The van der Waals surface area contributed by atoms with E-state index in [1.807, 2.05) is 30.3 Å². The molecule has 0 fully saturated rings. The number of carbonyl (C=O) groups excluding carboxylic acids is 1. The fraction of sp³-hybridized carbons (Fsp3) is 0.0588. The first kappa shape index (κ1) is 19.0. The molecule has 0 aliphatic rings. The zero-order valence-electron chi connectivity index (χ0n) is 12.7. The summed E-state index contributed by atoms with van der Waals surface area (Å²) in [5, 5.41) is 11.1. The number of rotatable bonds is 4. The Hall–Kier alpha value is -2.32. The van der Waals surface area contributed by atoms with Crippen LogP contribution in [0.2, 0.25) is 0 Å². The Labute approximate surface area is 160 Å². The number of carboxylic acids is 1. The molecule has 0 aliphatic carbocycles. The van der Waals surface area contributed by atoms with Gasteiger partial charge in [-0.1, -0.05) is 30.3 Å². The molecule has 0 bridgehead atoms. The first-order valence-electron chi connectivity index (χ1n) is 7.02. The molecule has 0 aliphatic heterocycles. The summed E-state index contributed by atoms with van der Waals surface area (Å²) in [5.41, 5.74) is 1.06. The maximum atomic E-state index is 11.6. The van der Waals surface area contributed by atoms with Crippen LogP contribution in [0.1, 0.15) is 26.7 Å². The average molecular weight is 471 g/mol. The van der Waals surface area contributed by atoms with Crippen molar-refractivity contribution in [1.82, 2.24) is 5.32 Å². The Kier molecular flexibility index (Phi) is 7.03. The molecule has 0 atom stereocenters. The molecule has 3 aromatic rings. The van der Waals surface area contributed by atoms with Crippen LogP contribution in [0.15, 0.2) is 72.8 Å². The summed E-state index contributed by atoms with van der Waals surface area (Å²) in [5.74, 6) is -1.01. The number of aromatic carboxylic acids is 1. The van der Waals surface area contributed by atoms with Gasteiger partial charge in [0.1, 0.15) is 0 Å². The molecule has 0 spiro atoms. The molecule has 8 heteroatoms. The van der Waals surface area contributed by atoms with E-state index in [1.165, 1.54) is 12.1 Å². The molecule has 1 amide bonds. The van der Waals surface area contributed by atoms with Gasteiger partial charge in [0.05, 0.1) is 0 Å². The topological polar surface area (TPSA) is 92.7 Å². The number of benzene rings is 1. The third-order valence-electron chi connectivity index (χ3n) is 2.88. The van der Waals surface area contributed by atoms with Crippen molar-refractivity contribution in [1.29, 1.82) is 0 Å². The zero-order valence-corrected chi connectivity index (χ0v) is 15.9. The molecule has 0 saturated heterocycles. The fourth-order valence-corrected chi connectivity index (χ4v) is 2.34. The van der Waals surface area contributed by atoms with E-state index >= 15 is 0 Å². The van der Waals surface area contributed by atoms with Gasteiger partial charge in [-0.05, 0) is 61.7 Å². The smallest absolute Gasteiger partial charge is 0.371 e.